The van der Waals surface area contributed by atoms with Crippen LogP contribution in [-0.4, -0.2) is 39.8 Å². The first kappa shape index (κ1) is 14.4. The average molecular weight is 273 g/mol. The van der Waals surface area contributed by atoms with Gasteiger partial charge in [0.05, 0.1) is 12.6 Å². The number of carboxylic acid groups (broad SMARTS) is 1. The molecular weight excluding hydrogens is 258 g/mol. The second-order valence-corrected chi connectivity index (χ2v) is 4.45. The van der Waals surface area contributed by atoms with E-state index in [0.717, 1.165) is 5.01 Å². The lowest BCUT2D eigenvalue weighted by Gasteiger charge is -2.17. The zero-order valence-corrected chi connectivity index (χ0v) is 10.6. The van der Waals surface area contributed by atoms with Crippen molar-refractivity contribution in [2.24, 2.45) is 0 Å². The van der Waals surface area contributed by atoms with E-state index < -0.39 is 24.6 Å². The Morgan fingerprint density at radius 2 is 2.22 bits per heavy atom. The molecule has 0 radical (unpaired) electrons. The van der Waals surface area contributed by atoms with Crippen molar-refractivity contribution in [1.29, 1.82) is 0 Å². The summed E-state index contributed by atoms with van der Waals surface area (Å²) in [5.41, 5.74) is 0. The lowest BCUT2D eigenvalue weighted by atomic mass is 10.2. The summed E-state index contributed by atoms with van der Waals surface area (Å²) >= 11 is 1.41. The SMILES string of the molecule is CCC(NC(=O)N[C@H](CO)C(=O)O)c1nccs1. The van der Waals surface area contributed by atoms with Gasteiger partial charge in [0.15, 0.2) is 6.04 Å². The maximum atomic E-state index is 11.6. The predicted octanol–water partition coefficient (Wildman–Crippen LogP) is 0.339. The highest BCUT2D eigenvalue weighted by atomic mass is 32.1. The Labute approximate surface area is 108 Å². The first-order valence-corrected chi connectivity index (χ1v) is 6.26. The van der Waals surface area contributed by atoms with Gasteiger partial charge < -0.3 is 20.8 Å². The molecular formula is C10H15N3O4S. The number of nitrogens with one attached hydrogen (secondary N) is 2. The molecule has 0 saturated carbocycles. The molecule has 0 saturated heterocycles. The van der Waals surface area contributed by atoms with Gasteiger partial charge in [-0.25, -0.2) is 14.6 Å². The lowest BCUT2D eigenvalue weighted by molar-refractivity contribution is -0.140. The number of aromatic nitrogens is 1. The van der Waals surface area contributed by atoms with Crippen LogP contribution in [0.2, 0.25) is 0 Å². The summed E-state index contributed by atoms with van der Waals surface area (Å²) < 4.78 is 0. The predicted molar refractivity (Wildman–Crippen MR) is 65.3 cm³/mol. The monoisotopic (exact) mass is 273 g/mol. The van der Waals surface area contributed by atoms with E-state index in [1.165, 1.54) is 11.3 Å². The number of carbonyl (C=O) groups excluding carboxylic acids is 1. The van der Waals surface area contributed by atoms with E-state index in [9.17, 15) is 9.59 Å². The molecule has 2 amide bonds. The van der Waals surface area contributed by atoms with Gasteiger partial charge in [-0.15, -0.1) is 11.3 Å². The van der Waals surface area contributed by atoms with Gasteiger partial charge in [0, 0.05) is 11.6 Å². The molecule has 0 spiro atoms. The number of hydrogen-bond donors (Lipinski definition) is 4. The Kier molecular flexibility index (Phi) is 5.53. The molecule has 1 heterocycles. The highest BCUT2D eigenvalue weighted by Gasteiger charge is 2.21. The molecule has 1 rings (SSSR count). The molecule has 7 nitrogen and oxygen atoms in total. The minimum Gasteiger partial charge on any atom is -0.480 e. The Hall–Kier alpha value is -1.67. The normalized spacial score (nSPS) is 13.7. The largest absolute Gasteiger partial charge is 0.480 e. The van der Waals surface area contributed by atoms with Crippen molar-refractivity contribution < 1.29 is 19.8 Å². The second-order valence-electron chi connectivity index (χ2n) is 3.52. The van der Waals surface area contributed by atoms with Crippen molar-refractivity contribution in [2.75, 3.05) is 6.61 Å². The molecule has 1 aromatic heterocycles. The molecule has 0 aliphatic carbocycles. The number of nitrogens with zero attached hydrogens (tertiary/aromatic N) is 1. The first-order valence-electron chi connectivity index (χ1n) is 5.38. The van der Waals surface area contributed by atoms with Gasteiger partial charge in [-0.05, 0) is 6.42 Å². The van der Waals surface area contributed by atoms with Crippen molar-refractivity contribution in [2.45, 2.75) is 25.4 Å². The van der Waals surface area contributed by atoms with Gasteiger partial charge >= 0.3 is 12.0 Å². The molecule has 0 fully saturated rings. The van der Waals surface area contributed by atoms with Crippen molar-refractivity contribution in [1.82, 2.24) is 15.6 Å². The lowest BCUT2D eigenvalue weighted by Crippen LogP contribution is -2.48. The van der Waals surface area contributed by atoms with E-state index in [1.807, 2.05) is 6.92 Å². The van der Waals surface area contributed by atoms with Crippen LogP contribution in [0, 0.1) is 0 Å². The molecule has 0 aromatic carbocycles. The Bertz CT molecular complexity index is 396. The molecule has 0 bridgehead atoms. The molecule has 100 valence electrons. The number of aliphatic carboxylic acids is 1. The molecule has 1 aromatic rings. The Balaban J connectivity index is 2.55. The van der Waals surface area contributed by atoms with Crippen LogP contribution in [0.25, 0.3) is 0 Å². The molecule has 0 aliphatic rings. The fraction of sp³-hybridized carbons (Fsp3) is 0.500. The number of urea groups is 1. The number of carbonyl (C=O) groups is 2. The molecule has 4 N–H and O–H groups in total. The van der Waals surface area contributed by atoms with Gasteiger partial charge in [-0.3, -0.25) is 0 Å². The zero-order valence-electron chi connectivity index (χ0n) is 9.79. The summed E-state index contributed by atoms with van der Waals surface area (Å²) in [6.07, 6.45) is 2.27. The maximum absolute atomic E-state index is 11.6. The summed E-state index contributed by atoms with van der Waals surface area (Å²) in [5, 5.41) is 24.8. The zero-order chi connectivity index (χ0) is 13.5. The van der Waals surface area contributed by atoms with Gasteiger partial charge in [0.2, 0.25) is 0 Å². The van der Waals surface area contributed by atoms with Crippen LogP contribution in [-0.2, 0) is 4.79 Å². The van der Waals surface area contributed by atoms with E-state index >= 15 is 0 Å². The number of hydrogen-bond acceptors (Lipinski definition) is 5. The number of amides is 2. The molecule has 0 aliphatic heterocycles. The third-order valence-corrected chi connectivity index (χ3v) is 3.14. The summed E-state index contributed by atoms with van der Waals surface area (Å²) in [4.78, 5) is 26.3. The van der Waals surface area contributed by atoms with E-state index in [0.29, 0.717) is 6.42 Å². The van der Waals surface area contributed by atoms with Gasteiger partial charge in [-0.2, -0.15) is 0 Å². The number of rotatable bonds is 6. The Morgan fingerprint density at radius 3 is 2.67 bits per heavy atom. The van der Waals surface area contributed by atoms with Crippen LogP contribution in [0.15, 0.2) is 11.6 Å². The quantitative estimate of drug-likeness (QED) is 0.597. The summed E-state index contributed by atoms with van der Waals surface area (Å²) in [5.74, 6) is -1.28. The molecule has 8 heteroatoms. The second kappa shape index (κ2) is 6.92. The highest BCUT2D eigenvalue weighted by molar-refractivity contribution is 7.09. The number of aliphatic hydroxyl groups excluding tert-OH is 1. The fourth-order valence-electron chi connectivity index (χ4n) is 1.29. The van der Waals surface area contributed by atoms with Gasteiger partial charge in [0.25, 0.3) is 0 Å². The smallest absolute Gasteiger partial charge is 0.328 e. The van der Waals surface area contributed by atoms with Crippen LogP contribution >= 0.6 is 11.3 Å². The fourth-order valence-corrected chi connectivity index (χ4v) is 2.06. The summed E-state index contributed by atoms with van der Waals surface area (Å²) in [7, 11) is 0. The number of carboxylic acids is 1. The van der Waals surface area contributed by atoms with Crippen molar-refractivity contribution in [3.05, 3.63) is 16.6 Å². The van der Waals surface area contributed by atoms with Gasteiger partial charge in [-0.1, -0.05) is 6.92 Å². The third kappa shape index (κ3) is 3.97. The molecule has 18 heavy (non-hydrogen) atoms. The minimum atomic E-state index is -1.31. The third-order valence-electron chi connectivity index (χ3n) is 2.25. The minimum absolute atomic E-state index is 0.266. The average Bonchev–Trinajstić information content (AvgIpc) is 2.86. The van der Waals surface area contributed by atoms with Crippen molar-refractivity contribution >= 4 is 23.3 Å². The van der Waals surface area contributed by atoms with E-state index in [1.54, 1.807) is 11.6 Å². The van der Waals surface area contributed by atoms with E-state index in [4.69, 9.17) is 10.2 Å². The topological polar surface area (TPSA) is 112 Å². The standard InChI is InChI=1S/C10H15N3O4S/c1-2-6(8-11-3-4-18-8)12-10(17)13-7(5-14)9(15)16/h3-4,6-7,14H,2,5H2,1H3,(H,15,16)(H2,12,13,17)/t6?,7-/m1/s1. The van der Waals surface area contributed by atoms with Crippen LogP contribution in [0.1, 0.15) is 24.4 Å². The number of aliphatic hydroxyl groups is 1. The Morgan fingerprint density at radius 1 is 1.50 bits per heavy atom. The van der Waals surface area contributed by atoms with E-state index in [-0.39, 0.29) is 6.04 Å². The molecule has 1 unspecified atom stereocenters. The van der Waals surface area contributed by atoms with Crippen LogP contribution in [0.4, 0.5) is 4.79 Å². The highest BCUT2D eigenvalue weighted by Crippen LogP contribution is 2.18. The number of thiazole rings is 1. The van der Waals surface area contributed by atoms with Crippen LogP contribution in [0.3, 0.4) is 0 Å². The van der Waals surface area contributed by atoms with Crippen LogP contribution < -0.4 is 10.6 Å². The summed E-state index contributed by atoms with van der Waals surface area (Å²) in [6.45, 7) is 1.23. The molecule has 2 atom stereocenters. The van der Waals surface area contributed by atoms with Crippen LogP contribution in [0.5, 0.6) is 0 Å². The first-order chi connectivity index (χ1) is 8.58. The van der Waals surface area contributed by atoms with Crippen molar-refractivity contribution in [3.63, 3.8) is 0 Å². The van der Waals surface area contributed by atoms with Crippen molar-refractivity contribution in [3.8, 4) is 0 Å². The maximum Gasteiger partial charge on any atom is 0.328 e. The summed E-state index contributed by atoms with van der Waals surface area (Å²) in [6, 6.07) is -2.21. The van der Waals surface area contributed by atoms with E-state index in [2.05, 4.69) is 15.6 Å². The van der Waals surface area contributed by atoms with Gasteiger partial charge in [0.1, 0.15) is 5.01 Å².